The Hall–Kier alpha value is -3.56. The van der Waals surface area contributed by atoms with Gasteiger partial charge in [0.15, 0.2) is 0 Å². The number of halogens is 3. The van der Waals surface area contributed by atoms with Crippen LogP contribution in [0.25, 0.3) is 0 Å². The van der Waals surface area contributed by atoms with Crippen LogP contribution in [0.4, 0.5) is 13.2 Å². The second-order valence-electron chi connectivity index (χ2n) is 8.33. The topological polar surface area (TPSA) is 93.7 Å². The Morgan fingerprint density at radius 3 is 2.26 bits per heavy atom. The highest BCUT2D eigenvalue weighted by atomic mass is 19.4. The van der Waals surface area contributed by atoms with Crippen LogP contribution >= 0.6 is 0 Å². The number of rotatable bonds is 11. The van der Waals surface area contributed by atoms with Gasteiger partial charge in [-0.1, -0.05) is 12.1 Å². The molecule has 1 atom stereocenters. The second-order valence-corrected chi connectivity index (χ2v) is 8.33. The first kappa shape index (κ1) is 26.1. The summed E-state index contributed by atoms with van der Waals surface area (Å²) < 4.78 is 49.0. The molecule has 0 aliphatic heterocycles. The van der Waals surface area contributed by atoms with Gasteiger partial charge in [0.2, 0.25) is 5.91 Å². The van der Waals surface area contributed by atoms with E-state index in [4.69, 9.17) is 9.47 Å². The van der Waals surface area contributed by atoms with Crippen molar-refractivity contribution in [1.29, 1.82) is 0 Å². The Bertz CT molecular complexity index is 1020. The number of alkyl halides is 3. The summed E-state index contributed by atoms with van der Waals surface area (Å²) in [7, 11) is 0. The molecule has 1 fully saturated rings. The standard InChI is InChI=1S/C25H27F3N2O5/c1-16(31)34-13-12-29-24(33)22(14-17-4-8-20(9-5-17)25(26,27)28)30-23(32)19-6-10-21(11-7-19)35-15-18-2-3-18/h4-11,18,22H,2-3,12-15H2,1H3,(H,29,33)(H,30,32). The normalized spacial score (nSPS) is 14.1. The molecule has 2 aromatic rings. The molecule has 0 spiro atoms. The van der Waals surface area contributed by atoms with Crippen molar-refractivity contribution in [2.24, 2.45) is 5.92 Å². The first-order valence-electron chi connectivity index (χ1n) is 11.2. The molecule has 0 saturated heterocycles. The van der Waals surface area contributed by atoms with E-state index >= 15 is 0 Å². The van der Waals surface area contributed by atoms with Crippen molar-refractivity contribution in [2.75, 3.05) is 19.8 Å². The third-order valence-corrected chi connectivity index (χ3v) is 5.35. The summed E-state index contributed by atoms with van der Waals surface area (Å²) in [5.74, 6) is -0.361. The van der Waals surface area contributed by atoms with Gasteiger partial charge >= 0.3 is 12.1 Å². The third kappa shape index (κ3) is 8.62. The zero-order valence-corrected chi connectivity index (χ0v) is 19.2. The first-order valence-corrected chi connectivity index (χ1v) is 11.2. The minimum absolute atomic E-state index is 0.0187. The van der Waals surface area contributed by atoms with Crippen LogP contribution in [-0.2, 0) is 26.9 Å². The summed E-state index contributed by atoms with van der Waals surface area (Å²) in [6.45, 7) is 1.83. The molecule has 1 aliphatic rings. The number of hydrogen-bond donors (Lipinski definition) is 2. The number of amides is 2. The largest absolute Gasteiger partial charge is 0.493 e. The maximum atomic E-state index is 12.9. The Morgan fingerprint density at radius 1 is 1.03 bits per heavy atom. The number of benzene rings is 2. The quantitative estimate of drug-likeness (QED) is 0.370. The van der Waals surface area contributed by atoms with Crippen LogP contribution in [0, 0.1) is 5.92 Å². The van der Waals surface area contributed by atoms with E-state index in [1.54, 1.807) is 24.3 Å². The Morgan fingerprint density at radius 2 is 1.69 bits per heavy atom. The monoisotopic (exact) mass is 492 g/mol. The van der Waals surface area contributed by atoms with Crippen molar-refractivity contribution in [3.05, 3.63) is 65.2 Å². The fraction of sp³-hybridized carbons (Fsp3) is 0.400. The molecule has 2 N–H and O–H groups in total. The highest BCUT2D eigenvalue weighted by Gasteiger charge is 2.30. The maximum absolute atomic E-state index is 12.9. The molecule has 0 bridgehead atoms. The van der Waals surface area contributed by atoms with E-state index in [-0.39, 0.29) is 19.6 Å². The van der Waals surface area contributed by atoms with Crippen LogP contribution in [0.2, 0.25) is 0 Å². The van der Waals surface area contributed by atoms with Gasteiger partial charge < -0.3 is 20.1 Å². The van der Waals surface area contributed by atoms with Crippen molar-refractivity contribution < 1.29 is 37.0 Å². The maximum Gasteiger partial charge on any atom is 0.416 e. The summed E-state index contributed by atoms with van der Waals surface area (Å²) in [4.78, 5) is 36.4. The Balaban J connectivity index is 1.65. The number of nitrogens with one attached hydrogen (secondary N) is 2. The van der Waals surface area contributed by atoms with Crippen LogP contribution in [0.5, 0.6) is 5.75 Å². The van der Waals surface area contributed by atoms with Gasteiger partial charge in [-0.2, -0.15) is 13.2 Å². The third-order valence-electron chi connectivity index (χ3n) is 5.35. The van der Waals surface area contributed by atoms with E-state index in [0.29, 0.717) is 29.4 Å². The van der Waals surface area contributed by atoms with E-state index in [1.165, 1.54) is 19.1 Å². The molecule has 1 unspecified atom stereocenters. The van der Waals surface area contributed by atoms with Gasteiger partial charge in [0.1, 0.15) is 18.4 Å². The SMILES string of the molecule is CC(=O)OCCNC(=O)C(Cc1ccc(C(F)(F)F)cc1)NC(=O)c1ccc(OCC2CC2)cc1. The molecule has 10 heteroatoms. The average Bonchev–Trinajstić information content (AvgIpc) is 3.64. The molecular formula is C25H27F3N2O5. The zero-order chi connectivity index (χ0) is 25.4. The summed E-state index contributed by atoms with van der Waals surface area (Å²) >= 11 is 0. The average molecular weight is 492 g/mol. The highest BCUT2D eigenvalue weighted by molar-refractivity contribution is 5.97. The van der Waals surface area contributed by atoms with Gasteiger partial charge in [-0.3, -0.25) is 14.4 Å². The lowest BCUT2D eigenvalue weighted by atomic mass is 10.0. The lowest BCUT2D eigenvalue weighted by Gasteiger charge is -2.19. The van der Waals surface area contributed by atoms with Crippen molar-refractivity contribution >= 4 is 17.8 Å². The van der Waals surface area contributed by atoms with Crippen molar-refractivity contribution in [2.45, 2.75) is 38.4 Å². The molecule has 1 aliphatic carbocycles. The summed E-state index contributed by atoms with van der Waals surface area (Å²) in [5, 5.41) is 5.20. The van der Waals surface area contributed by atoms with Crippen LogP contribution < -0.4 is 15.4 Å². The lowest BCUT2D eigenvalue weighted by Crippen LogP contribution is -2.48. The molecular weight excluding hydrogens is 465 g/mol. The molecule has 2 aromatic carbocycles. The van der Waals surface area contributed by atoms with Crippen molar-refractivity contribution in [3.8, 4) is 5.75 Å². The van der Waals surface area contributed by atoms with Gasteiger partial charge in [0, 0.05) is 18.9 Å². The van der Waals surface area contributed by atoms with E-state index in [2.05, 4.69) is 10.6 Å². The minimum Gasteiger partial charge on any atom is -0.493 e. The number of esters is 1. The van der Waals surface area contributed by atoms with E-state index < -0.39 is 35.6 Å². The molecule has 0 aromatic heterocycles. The van der Waals surface area contributed by atoms with Gasteiger partial charge in [-0.15, -0.1) is 0 Å². The Labute approximate surface area is 201 Å². The second kappa shape index (κ2) is 11.7. The molecule has 7 nitrogen and oxygen atoms in total. The van der Waals surface area contributed by atoms with E-state index in [1.807, 2.05) is 0 Å². The minimum atomic E-state index is -4.48. The van der Waals surface area contributed by atoms with Crippen LogP contribution in [0.15, 0.2) is 48.5 Å². The van der Waals surface area contributed by atoms with Gasteiger partial charge in [-0.25, -0.2) is 0 Å². The molecule has 35 heavy (non-hydrogen) atoms. The van der Waals surface area contributed by atoms with Gasteiger partial charge in [0.05, 0.1) is 18.7 Å². The smallest absolute Gasteiger partial charge is 0.416 e. The van der Waals surface area contributed by atoms with Gasteiger partial charge in [-0.05, 0) is 60.7 Å². The fourth-order valence-electron chi connectivity index (χ4n) is 3.21. The molecule has 1 saturated carbocycles. The van der Waals surface area contributed by atoms with Crippen molar-refractivity contribution in [3.63, 3.8) is 0 Å². The molecule has 3 rings (SSSR count). The predicted octanol–water partition coefficient (Wildman–Crippen LogP) is 3.51. The number of ether oxygens (including phenoxy) is 2. The van der Waals surface area contributed by atoms with Crippen LogP contribution in [0.3, 0.4) is 0 Å². The summed E-state index contributed by atoms with van der Waals surface area (Å²) in [5.41, 5.74) is -0.0761. The van der Waals surface area contributed by atoms with E-state index in [9.17, 15) is 27.6 Å². The number of carbonyl (C=O) groups excluding carboxylic acids is 3. The van der Waals surface area contributed by atoms with Crippen LogP contribution in [-0.4, -0.2) is 43.6 Å². The molecule has 0 heterocycles. The fourth-order valence-corrected chi connectivity index (χ4v) is 3.21. The Kier molecular flexibility index (Phi) is 8.73. The van der Waals surface area contributed by atoms with Crippen LogP contribution in [0.1, 0.15) is 41.3 Å². The molecule has 0 radical (unpaired) electrons. The van der Waals surface area contributed by atoms with E-state index in [0.717, 1.165) is 25.0 Å². The summed E-state index contributed by atoms with van der Waals surface area (Å²) in [6, 6.07) is 9.79. The zero-order valence-electron chi connectivity index (χ0n) is 19.2. The highest BCUT2D eigenvalue weighted by Crippen LogP contribution is 2.30. The van der Waals surface area contributed by atoms with Gasteiger partial charge in [0.25, 0.3) is 5.91 Å². The lowest BCUT2D eigenvalue weighted by molar-refractivity contribution is -0.141. The summed E-state index contributed by atoms with van der Waals surface area (Å²) in [6.07, 6.45) is -2.20. The predicted molar refractivity (Wildman–Crippen MR) is 121 cm³/mol. The molecule has 188 valence electrons. The number of hydrogen-bond acceptors (Lipinski definition) is 5. The number of carbonyl (C=O) groups is 3. The van der Waals surface area contributed by atoms with Crippen molar-refractivity contribution in [1.82, 2.24) is 10.6 Å². The first-order chi connectivity index (χ1) is 16.6. The molecule has 2 amide bonds.